The van der Waals surface area contributed by atoms with E-state index in [0.717, 1.165) is 16.7 Å². The molecule has 0 radical (unpaired) electrons. The summed E-state index contributed by atoms with van der Waals surface area (Å²) >= 11 is 1.63. The molecule has 204 valence electrons. The highest BCUT2D eigenvalue weighted by atomic mass is 32.2. The Morgan fingerprint density at radius 2 is 1.02 bits per heavy atom. The van der Waals surface area contributed by atoms with E-state index in [1.54, 1.807) is 17.8 Å². The fourth-order valence-corrected chi connectivity index (χ4v) is 6.62. The van der Waals surface area contributed by atoms with Gasteiger partial charge >= 0.3 is 17.9 Å². The van der Waals surface area contributed by atoms with Crippen LogP contribution in [0.1, 0.15) is 45.5 Å². The molecule has 0 unspecified atom stereocenters. The van der Waals surface area contributed by atoms with Crippen LogP contribution < -0.4 is 0 Å². The van der Waals surface area contributed by atoms with E-state index in [2.05, 4.69) is 36.4 Å². The number of rotatable bonds is 13. The molecule has 0 saturated carbocycles. The van der Waals surface area contributed by atoms with Gasteiger partial charge in [0.15, 0.2) is 5.41 Å². The largest absolute Gasteiger partial charge is 0.480 e. The summed E-state index contributed by atoms with van der Waals surface area (Å²) in [6.07, 6.45) is -0.300. The van der Waals surface area contributed by atoms with Gasteiger partial charge in [-0.2, -0.15) is 0 Å². The monoisotopic (exact) mass is 554 g/mol. The smallest absolute Gasteiger partial charge is 0.335 e. The van der Waals surface area contributed by atoms with Gasteiger partial charge in [0.2, 0.25) is 0 Å². The van der Waals surface area contributed by atoms with Gasteiger partial charge in [-0.25, -0.2) is 4.79 Å². The minimum absolute atomic E-state index is 0.0972. The lowest BCUT2D eigenvalue weighted by atomic mass is 9.77. The van der Waals surface area contributed by atoms with Crippen molar-refractivity contribution in [3.8, 4) is 0 Å². The lowest BCUT2D eigenvalue weighted by Gasteiger charge is -2.36. The number of hydrogen-bond acceptors (Lipinski definition) is 4. The van der Waals surface area contributed by atoms with Crippen molar-refractivity contribution in [3.63, 3.8) is 0 Å². The highest BCUT2D eigenvalue weighted by Crippen LogP contribution is 2.49. The van der Waals surface area contributed by atoms with Crippen molar-refractivity contribution in [2.75, 3.05) is 5.75 Å². The number of carbonyl (C=O) groups is 3. The highest BCUT2D eigenvalue weighted by Gasteiger charge is 2.47. The van der Waals surface area contributed by atoms with Crippen molar-refractivity contribution in [1.82, 2.24) is 0 Å². The quantitative estimate of drug-likeness (QED) is 0.0971. The number of carboxylic acids is 3. The maximum absolute atomic E-state index is 12.5. The fraction of sp³-hybridized carbons (Fsp3) is 0.182. The third-order valence-corrected chi connectivity index (χ3v) is 8.80. The minimum Gasteiger partial charge on any atom is -0.480 e. The number of aromatic carboxylic acids is 1. The normalized spacial score (nSPS) is 11.6. The second-order valence-corrected chi connectivity index (χ2v) is 10.9. The summed E-state index contributed by atoms with van der Waals surface area (Å²) in [5, 5.41) is 29.9. The molecule has 0 aliphatic carbocycles. The SMILES string of the molecule is O=C(O)c1ccccc1CC(CCCSC(c1ccccc1)(c1ccccc1)c1ccccc1)(C(=O)O)C(=O)O. The van der Waals surface area contributed by atoms with Crippen LogP contribution in [0.25, 0.3) is 0 Å². The molecule has 0 fully saturated rings. The number of thioether (sulfide) groups is 1. The molecule has 0 saturated heterocycles. The van der Waals surface area contributed by atoms with Gasteiger partial charge in [0.25, 0.3) is 0 Å². The lowest BCUT2D eigenvalue weighted by Crippen LogP contribution is -2.42. The van der Waals surface area contributed by atoms with E-state index in [1.165, 1.54) is 18.2 Å². The van der Waals surface area contributed by atoms with Gasteiger partial charge in [-0.05, 0) is 46.9 Å². The Morgan fingerprint density at radius 1 is 0.600 bits per heavy atom. The molecule has 0 bridgehead atoms. The van der Waals surface area contributed by atoms with E-state index in [1.807, 2.05) is 54.6 Å². The first-order valence-corrected chi connectivity index (χ1v) is 13.9. The number of carboxylic acid groups (broad SMARTS) is 3. The summed E-state index contributed by atoms with van der Waals surface area (Å²) in [5.74, 6) is -3.73. The second kappa shape index (κ2) is 12.7. The maximum Gasteiger partial charge on any atom is 0.335 e. The average Bonchev–Trinajstić information content (AvgIpc) is 2.98. The predicted molar refractivity (Wildman–Crippen MR) is 156 cm³/mol. The van der Waals surface area contributed by atoms with Gasteiger partial charge in [0.05, 0.1) is 10.3 Å². The minimum atomic E-state index is -2.17. The predicted octanol–water partition coefficient (Wildman–Crippen LogP) is 6.59. The van der Waals surface area contributed by atoms with E-state index in [4.69, 9.17) is 0 Å². The van der Waals surface area contributed by atoms with E-state index in [9.17, 15) is 29.7 Å². The molecule has 4 rings (SSSR count). The van der Waals surface area contributed by atoms with Crippen LogP contribution in [0.3, 0.4) is 0 Å². The summed E-state index contributed by atoms with van der Waals surface area (Å²) in [5.41, 5.74) is 1.07. The standard InChI is InChI=1S/C33H30O6S/c34-29(35)28-20-11-10-13-24(28)23-32(30(36)37,31(38)39)21-12-22-40-33(25-14-4-1-5-15-25,26-16-6-2-7-17-26)27-18-8-3-9-19-27/h1-11,13-20H,12,21-23H2,(H,34,35)(H,36,37)(H,38,39). The van der Waals surface area contributed by atoms with Crippen molar-refractivity contribution in [2.24, 2.45) is 5.41 Å². The number of benzene rings is 4. The zero-order valence-corrected chi connectivity index (χ0v) is 22.6. The zero-order chi connectivity index (χ0) is 28.6. The summed E-state index contributed by atoms with van der Waals surface area (Å²) < 4.78 is -0.616. The van der Waals surface area contributed by atoms with Gasteiger partial charge in [-0.3, -0.25) is 9.59 Å². The third-order valence-electron chi connectivity index (χ3n) is 7.17. The van der Waals surface area contributed by atoms with Crippen molar-refractivity contribution in [3.05, 3.63) is 143 Å². The van der Waals surface area contributed by atoms with Gasteiger partial charge in [0, 0.05) is 6.42 Å². The van der Waals surface area contributed by atoms with Crippen molar-refractivity contribution in [2.45, 2.75) is 24.0 Å². The van der Waals surface area contributed by atoms with E-state index < -0.39 is 34.5 Å². The van der Waals surface area contributed by atoms with Crippen LogP contribution >= 0.6 is 11.8 Å². The van der Waals surface area contributed by atoms with Gasteiger partial charge in [0.1, 0.15) is 0 Å². The summed E-state index contributed by atoms with van der Waals surface area (Å²) in [6.45, 7) is 0. The molecule has 3 N–H and O–H groups in total. The van der Waals surface area contributed by atoms with E-state index in [0.29, 0.717) is 5.75 Å². The van der Waals surface area contributed by atoms with Gasteiger partial charge < -0.3 is 15.3 Å². The fourth-order valence-electron chi connectivity index (χ4n) is 5.12. The van der Waals surface area contributed by atoms with E-state index >= 15 is 0 Å². The highest BCUT2D eigenvalue weighted by molar-refractivity contribution is 8.00. The first kappa shape index (κ1) is 28.6. The molecule has 0 heterocycles. The number of aliphatic carboxylic acids is 2. The molecule has 0 aromatic heterocycles. The molecule has 4 aromatic rings. The zero-order valence-electron chi connectivity index (χ0n) is 21.8. The lowest BCUT2D eigenvalue weighted by molar-refractivity contribution is -0.165. The van der Waals surface area contributed by atoms with Crippen LogP contribution in [-0.2, 0) is 20.8 Å². The van der Waals surface area contributed by atoms with Gasteiger partial charge in [-0.1, -0.05) is 109 Å². The Balaban J connectivity index is 1.68. The summed E-state index contributed by atoms with van der Waals surface area (Å²) in [7, 11) is 0. The average molecular weight is 555 g/mol. The van der Waals surface area contributed by atoms with Gasteiger partial charge in [-0.15, -0.1) is 11.8 Å². The molecular weight excluding hydrogens is 524 g/mol. The van der Waals surface area contributed by atoms with Crippen LogP contribution in [0, 0.1) is 5.41 Å². The maximum atomic E-state index is 12.5. The van der Waals surface area contributed by atoms with Crippen LogP contribution in [0.5, 0.6) is 0 Å². The molecule has 6 nitrogen and oxygen atoms in total. The molecule has 0 aliphatic rings. The Hall–Kier alpha value is -4.36. The van der Waals surface area contributed by atoms with E-state index in [-0.39, 0.29) is 24.0 Å². The Bertz CT molecular complexity index is 1340. The molecule has 0 aliphatic heterocycles. The third kappa shape index (κ3) is 5.80. The molecule has 4 aromatic carbocycles. The first-order chi connectivity index (χ1) is 19.3. The molecular formula is C33H30O6S. The topological polar surface area (TPSA) is 112 Å². The molecule has 0 spiro atoms. The van der Waals surface area contributed by atoms with Crippen LogP contribution in [0.4, 0.5) is 0 Å². The number of hydrogen-bond donors (Lipinski definition) is 3. The molecule has 0 amide bonds. The summed E-state index contributed by atoms with van der Waals surface area (Å²) in [4.78, 5) is 36.7. The van der Waals surface area contributed by atoms with Crippen molar-refractivity contribution in [1.29, 1.82) is 0 Å². The van der Waals surface area contributed by atoms with Crippen LogP contribution in [0.15, 0.2) is 115 Å². The molecule has 7 heteroatoms. The second-order valence-electron chi connectivity index (χ2n) is 9.56. The Kier molecular flexibility index (Phi) is 9.07. The van der Waals surface area contributed by atoms with Crippen LogP contribution in [-0.4, -0.2) is 39.0 Å². The first-order valence-electron chi connectivity index (χ1n) is 12.9. The Morgan fingerprint density at radius 3 is 1.45 bits per heavy atom. The van der Waals surface area contributed by atoms with Crippen molar-refractivity contribution < 1.29 is 29.7 Å². The molecule has 40 heavy (non-hydrogen) atoms. The van der Waals surface area contributed by atoms with Crippen molar-refractivity contribution >= 4 is 29.7 Å². The van der Waals surface area contributed by atoms with Crippen LogP contribution in [0.2, 0.25) is 0 Å². The summed E-state index contributed by atoms with van der Waals surface area (Å²) in [6, 6.07) is 36.1. The Labute approximate surface area is 237 Å². The molecule has 0 atom stereocenters.